The first-order chi connectivity index (χ1) is 5.68. The van der Waals surface area contributed by atoms with Gasteiger partial charge in [-0.15, -0.1) is 0 Å². The molecule has 0 aliphatic heterocycles. The van der Waals surface area contributed by atoms with Gasteiger partial charge in [0.1, 0.15) is 5.75 Å². The van der Waals surface area contributed by atoms with Crippen molar-refractivity contribution in [3.05, 3.63) is 35.9 Å². The largest absolute Gasteiger partial charge is 0.508 e. The Morgan fingerprint density at radius 1 is 1.23 bits per heavy atom. The zero-order valence-electron chi connectivity index (χ0n) is 6.97. The number of carboxylic acids is 1. The molecule has 0 radical (unpaired) electrons. The summed E-state index contributed by atoms with van der Waals surface area (Å²) in [7, 11) is 0. The lowest BCUT2D eigenvalue weighted by Gasteiger charge is -1.92. The molecule has 5 N–H and O–H groups in total. The Kier molecular flexibility index (Phi) is 4.26. The fourth-order valence-electron chi connectivity index (χ4n) is 0.753. The third-order valence-corrected chi connectivity index (χ3v) is 1.31. The van der Waals surface area contributed by atoms with Crippen molar-refractivity contribution in [1.29, 1.82) is 0 Å². The maximum Gasteiger partial charge on any atom is 0.328 e. The van der Waals surface area contributed by atoms with E-state index in [0.29, 0.717) is 0 Å². The van der Waals surface area contributed by atoms with Gasteiger partial charge in [0.05, 0.1) is 0 Å². The predicted molar refractivity (Wildman–Crippen MR) is 49.8 cm³/mol. The van der Waals surface area contributed by atoms with Gasteiger partial charge in [0, 0.05) is 6.08 Å². The quantitative estimate of drug-likeness (QED) is 0.605. The van der Waals surface area contributed by atoms with E-state index in [2.05, 4.69) is 0 Å². The molecule has 0 fully saturated rings. The molecular formula is C9H11NO3. The average molecular weight is 181 g/mol. The molecule has 0 aromatic heterocycles. The highest BCUT2D eigenvalue weighted by atomic mass is 16.4. The van der Waals surface area contributed by atoms with E-state index in [0.717, 1.165) is 11.6 Å². The third kappa shape index (κ3) is 3.93. The van der Waals surface area contributed by atoms with Crippen LogP contribution in [0.5, 0.6) is 5.75 Å². The Hall–Kier alpha value is -1.81. The van der Waals surface area contributed by atoms with Crippen LogP contribution in [-0.4, -0.2) is 16.2 Å². The molecule has 0 unspecified atom stereocenters. The summed E-state index contributed by atoms with van der Waals surface area (Å²) < 4.78 is 0. The summed E-state index contributed by atoms with van der Waals surface area (Å²) in [6, 6.07) is 6.27. The molecule has 70 valence electrons. The van der Waals surface area contributed by atoms with Crippen molar-refractivity contribution in [2.45, 2.75) is 0 Å². The highest BCUT2D eigenvalue weighted by Crippen LogP contribution is 2.10. The van der Waals surface area contributed by atoms with E-state index in [4.69, 9.17) is 10.2 Å². The Morgan fingerprint density at radius 3 is 2.23 bits per heavy atom. The first kappa shape index (κ1) is 11.2. The fourth-order valence-corrected chi connectivity index (χ4v) is 0.753. The summed E-state index contributed by atoms with van der Waals surface area (Å²) in [5.74, 6) is -0.814. The first-order valence-electron chi connectivity index (χ1n) is 3.38. The third-order valence-electron chi connectivity index (χ3n) is 1.31. The molecule has 1 rings (SSSR count). The first-order valence-corrected chi connectivity index (χ1v) is 3.38. The van der Waals surface area contributed by atoms with E-state index in [1.807, 2.05) is 0 Å². The van der Waals surface area contributed by atoms with Gasteiger partial charge < -0.3 is 16.4 Å². The lowest BCUT2D eigenvalue weighted by Crippen LogP contribution is -1.85. The van der Waals surface area contributed by atoms with E-state index >= 15 is 0 Å². The number of hydrogen-bond donors (Lipinski definition) is 3. The molecule has 0 aliphatic carbocycles. The average Bonchev–Trinajstić information content (AvgIpc) is 2.03. The van der Waals surface area contributed by atoms with Gasteiger partial charge in [0.25, 0.3) is 0 Å². The minimum atomic E-state index is -0.983. The van der Waals surface area contributed by atoms with Crippen LogP contribution >= 0.6 is 0 Å². The summed E-state index contributed by atoms with van der Waals surface area (Å²) in [6.07, 6.45) is 2.51. The molecule has 0 amide bonds. The van der Waals surface area contributed by atoms with Gasteiger partial charge in [-0.2, -0.15) is 0 Å². The summed E-state index contributed by atoms with van der Waals surface area (Å²) in [6.45, 7) is 0. The predicted octanol–water partition coefficient (Wildman–Crippen LogP) is 1.65. The van der Waals surface area contributed by atoms with Crippen LogP contribution in [-0.2, 0) is 4.79 Å². The number of aromatic hydroxyl groups is 1. The van der Waals surface area contributed by atoms with Crippen LogP contribution in [0, 0.1) is 0 Å². The van der Waals surface area contributed by atoms with Gasteiger partial charge in [-0.1, -0.05) is 12.1 Å². The van der Waals surface area contributed by atoms with E-state index in [9.17, 15) is 4.79 Å². The standard InChI is InChI=1S/C9H8O3.H3N/c10-8-4-1-7(2-5-8)3-6-9(11)12;/h1-6,10H,(H,11,12);1H3. The van der Waals surface area contributed by atoms with Crippen LogP contribution in [0.4, 0.5) is 0 Å². The van der Waals surface area contributed by atoms with E-state index < -0.39 is 5.97 Å². The molecule has 13 heavy (non-hydrogen) atoms. The summed E-state index contributed by atoms with van der Waals surface area (Å²) in [5.41, 5.74) is 0.746. The second-order valence-corrected chi connectivity index (χ2v) is 2.26. The van der Waals surface area contributed by atoms with Gasteiger partial charge in [0.2, 0.25) is 0 Å². The van der Waals surface area contributed by atoms with Crippen molar-refractivity contribution in [3.63, 3.8) is 0 Å². The van der Waals surface area contributed by atoms with Crippen molar-refractivity contribution >= 4 is 12.0 Å². The Labute approximate surface area is 75.7 Å². The van der Waals surface area contributed by atoms with Gasteiger partial charge in [-0.05, 0) is 23.8 Å². The van der Waals surface area contributed by atoms with Gasteiger partial charge >= 0.3 is 5.97 Å². The molecule has 4 nitrogen and oxygen atoms in total. The molecule has 4 heteroatoms. The number of benzene rings is 1. The van der Waals surface area contributed by atoms with Gasteiger partial charge in [0.15, 0.2) is 0 Å². The minimum absolute atomic E-state index is 0. The maximum atomic E-state index is 10.1. The molecule has 0 atom stereocenters. The van der Waals surface area contributed by atoms with Crippen LogP contribution in [0.15, 0.2) is 30.3 Å². The highest BCUT2D eigenvalue weighted by Gasteiger charge is 1.89. The van der Waals surface area contributed by atoms with Crippen LogP contribution < -0.4 is 6.15 Å². The molecule has 0 aliphatic rings. The Bertz CT molecular complexity index is 303. The Balaban J connectivity index is 0.00000144. The van der Waals surface area contributed by atoms with Crippen LogP contribution in [0.1, 0.15) is 5.56 Å². The van der Waals surface area contributed by atoms with Crippen LogP contribution in [0.3, 0.4) is 0 Å². The van der Waals surface area contributed by atoms with Crippen molar-refractivity contribution < 1.29 is 15.0 Å². The van der Waals surface area contributed by atoms with Crippen LogP contribution in [0.25, 0.3) is 6.08 Å². The van der Waals surface area contributed by atoms with Gasteiger partial charge in [-0.25, -0.2) is 4.79 Å². The summed E-state index contributed by atoms with van der Waals surface area (Å²) in [4.78, 5) is 10.1. The molecule has 0 spiro atoms. The second kappa shape index (κ2) is 4.95. The molecule has 0 saturated heterocycles. The molecule has 1 aromatic rings. The summed E-state index contributed by atoms with van der Waals surface area (Å²) in [5, 5.41) is 17.2. The SMILES string of the molecule is N.O=C(O)C=Cc1ccc(O)cc1. The van der Waals surface area contributed by atoms with E-state index in [1.165, 1.54) is 18.2 Å². The number of aliphatic carboxylic acids is 1. The second-order valence-electron chi connectivity index (χ2n) is 2.26. The molecule has 0 heterocycles. The number of phenolic OH excluding ortho intramolecular Hbond substituents is 1. The van der Waals surface area contributed by atoms with Crippen molar-refractivity contribution in [2.75, 3.05) is 0 Å². The van der Waals surface area contributed by atoms with Crippen molar-refractivity contribution in [3.8, 4) is 5.75 Å². The Morgan fingerprint density at radius 2 is 1.77 bits per heavy atom. The number of carboxylic acid groups (broad SMARTS) is 1. The van der Waals surface area contributed by atoms with E-state index in [1.54, 1.807) is 12.1 Å². The van der Waals surface area contributed by atoms with Crippen molar-refractivity contribution in [1.82, 2.24) is 6.15 Å². The lowest BCUT2D eigenvalue weighted by atomic mass is 10.2. The normalized spacial score (nSPS) is 9.54. The zero-order valence-corrected chi connectivity index (χ0v) is 6.97. The summed E-state index contributed by atoms with van der Waals surface area (Å²) >= 11 is 0. The number of rotatable bonds is 2. The molecule has 1 aromatic carbocycles. The van der Waals surface area contributed by atoms with E-state index in [-0.39, 0.29) is 11.9 Å². The lowest BCUT2D eigenvalue weighted by molar-refractivity contribution is -0.131. The monoisotopic (exact) mass is 181 g/mol. The van der Waals surface area contributed by atoms with Crippen LogP contribution in [0.2, 0.25) is 0 Å². The maximum absolute atomic E-state index is 10.1. The fraction of sp³-hybridized carbons (Fsp3) is 0. The number of hydrogen-bond acceptors (Lipinski definition) is 3. The number of phenols is 1. The minimum Gasteiger partial charge on any atom is -0.508 e. The number of carbonyl (C=O) groups is 1. The smallest absolute Gasteiger partial charge is 0.328 e. The molecular weight excluding hydrogens is 170 g/mol. The highest BCUT2D eigenvalue weighted by molar-refractivity contribution is 5.85. The topological polar surface area (TPSA) is 92.5 Å². The van der Waals surface area contributed by atoms with Crippen molar-refractivity contribution in [2.24, 2.45) is 0 Å². The van der Waals surface area contributed by atoms with Gasteiger partial charge in [-0.3, -0.25) is 0 Å². The zero-order chi connectivity index (χ0) is 8.97. The molecule has 0 bridgehead atoms. The molecule has 0 saturated carbocycles.